The smallest absolute Gasteiger partial charge is 0.233 e. The molecule has 0 unspecified atom stereocenters. The van der Waals surface area contributed by atoms with Gasteiger partial charge in [0, 0.05) is 39.6 Å². The van der Waals surface area contributed by atoms with Crippen LogP contribution < -0.4 is 10.1 Å². The Morgan fingerprint density at radius 2 is 1.96 bits per heavy atom. The third-order valence-corrected chi connectivity index (χ3v) is 4.16. The Kier molecular flexibility index (Phi) is 7.06. The molecule has 0 atom stereocenters. The lowest BCUT2D eigenvalue weighted by molar-refractivity contribution is -0.133. The van der Waals surface area contributed by atoms with Crippen LogP contribution in [0.25, 0.3) is 0 Å². The van der Waals surface area contributed by atoms with Crippen molar-refractivity contribution in [3.63, 3.8) is 0 Å². The fraction of sp³-hybridized carbons (Fsp3) is 0.556. The Bertz CT molecular complexity index is 554. The standard InChI is InChI=1S/C18H27N3O3/c1-15-5-3-6-16(13-15)24-12-4-7-18(23)21-10-8-20(9-11-21)14-17(22)19-2/h3,5-6,13H,4,7-12,14H2,1-2H3,(H,19,22). The van der Waals surface area contributed by atoms with Crippen LogP contribution in [0.4, 0.5) is 0 Å². The normalized spacial score (nSPS) is 15.2. The van der Waals surface area contributed by atoms with Crippen LogP contribution in [0.3, 0.4) is 0 Å². The Morgan fingerprint density at radius 1 is 1.21 bits per heavy atom. The monoisotopic (exact) mass is 333 g/mol. The molecule has 0 spiro atoms. The topological polar surface area (TPSA) is 61.9 Å². The van der Waals surface area contributed by atoms with E-state index in [0.717, 1.165) is 18.8 Å². The molecule has 1 aromatic carbocycles. The second kappa shape index (κ2) is 9.27. The maximum atomic E-state index is 12.2. The van der Waals surface area contributed by atoms with Gasteiger partial charge < -0.3 is 15.0 Å². The molecule has 1 aliphatic heterocycles. The molecule has 0 aromatic heterocycles. The number of nitrogens with zero attached hydrogens (tertiary/aromatic N) is 2. The summed E-state index contributed by atoms with van der Waals surface area (Å²) in [6.07, 6.45) is 1.21. The number of hydrogen-bond donors (Lipinski definition) is 1. The largest absolute Gasteiger partial charge is 0.494 e. The number of carbonyl (C=O) groups excluding carboxylic acids is 2. The number of benzene rings is 1. The predicted octanol–water partition coefficient (Wildman–Crippen LogP) is 1.04. The lowest BCUT2D eigenvalue weighted by Gasteiger charge is -2.34. The molecular formula is C18H27N3O3. The summed E-state index contributed by atoms with van der Waals surface area (Å²) in [5.41, 5.74) is 1.17. The van der Waals surface area contributed by atoms with Crippen LogP contribution in [0.1, 0.15) is 18.4 Å². The Labute approximate surface area is 143 Å². The minimum Gasteiger partial charge on any atom is -0.494 e. The molecule has 24 heavy (non-hydrogen) atoms. The second-order valence-electron chi connectivity index (χ2n) is 6.10. The van der Waals surface area contributed by atoms with E-state index in [-0.39, 0.29) is 11.8 Å². The van der Waals surface area contributed by atoms with Crippen molar-refractivity contribution in [3.8, 4) is 5.75 Å². The number of aryl methyl sites for hydroxylation is 1. The summed E-state index contributed by atoms with van der Waals surface area (Å²) >= 11 is 0. The van der Waals surface area contributed by atoms with Gasteiger partial charge in [0.2, 0.25) is 11.8 Å². The summed E-state index contributed by atoms with van der Waals surface area (Å²) in [6.45, 7) is 5.86. The van der Waals surface area contributed by atoms with Crippen LogP contribution in [0, 0.1) is 6.92 Å². The van der Waals surface area contributed by atoms with Crippen molar-refractivity contribution < 1.29 is 14.3 Å². The summed E-state index contributed by atoms with van der Waals surface area (Å²) in [4.78, 5) is 27.5. The minimum atomic E-state index is 0.0167. The molecular weight excluding hydrogens is 306 g/mol. The van der Waals surface area contributed by atoms with Crippen molar-refractivity contribution in [3.05, 3.63) is 29.8 Å². The van der Waals surface area contributed by atoms with E-state index in [0.29, 0.717) is 39.1 Å². The second-order valence-corrected chi connectivity index (χ2v) is 6.10. The van der Waals surface area contributed by atoms with Crippen molar-refractivity contribution in [2.45, 2.75) is 19.8 Å². The van der Waals surface area contributed by atoms with E-state index in [4.69, 9.17) is 4.74 Å². The van der Waals surface area contributed by atoms with Crippen molar-refractivity contribution in [2.24, 2.45) is 0 Å². The zero-order valence-corrected chi connectivity index (χ0v) is 14.6. The van der Waals surface area contributed by atoms with E-state index in [1.54, 1.807) is 7.05 Å². The molecule has 2 amide bonds. The van der Waals surface area contributed by atoms with Gasteiger partial charge in [0.25, 0.3) is 0 Å². The molecule has 0 bridgehead atoms. The third kappa shape index (κ3) is 5.85. The quantitative estimate of drug-likeness (QED) is 0.758. The molecule has 6 nitrogen and oxygen atoms in total. The van der Waals surface area contributed by atoms with Crippen molar-refractivity contribution in [2.75, 3.05) is 46.4 Å². The van der Waals surface area contributed by atoms with Crippen LogP contribution in [-0.2, 0) is 9.59 Å². The fourth-order valence-corrected chi connectivity index (χ4v) is 2.71. The van der Waals surface area contributed by atoms with Gasteiger partial charge in [-0.05, 0) is 31.0 Å². The summed E-state index contributed by atoms with van der Waals surface area (Å²) in [5.74, 6) is 1.04. The summed E-state index contributed by atoms with van der Waals surface area (Å²) in [7, 11) is 1.64. The lowest BCUT2D eigenvalue weighted by atomic mass is 10.2. The maximum absolute atomic E-state index is 12.2. The number of carbonyl (C=O) groups is 2. The highest BCUT2D eigenvalue weighted by molar-refractivity contribution is 5.78. The summed E-state index contributed by atoms with van der Waals surface area (Å²) in [5, 5.41) is 2.62. The fourth-order valence-electron chi connectivity index (χ4n) is 2.71. The average molecular weight is 333 g/mol. The number of hydrogen-bond acceptors (Lipinski definition) is 4. The first-order valence-electron chi connectivity index (χ1n) is 8.48. The highest BCUT2D eigenvalue weighted by Gasteiger charge is 2.21. The van der Waals surface area contributed by atoms with Gasteiger partial charge >= 0.3 is 0 Å². The van der Waals surface area contributed by atoms with E-state index >= 15 is 0 Å². The molecule has 1 N–H and O–H groups in total. The van der Waals surface area contributed by atoms with Crippen LogP contribution >= 0.6 is 0 Å². The van der Waals surface area contributed by atoms with Crippen LogP contribution in [0.5, 0.6) is 5.75 Å². The molecule has 0 radical (unpaired) electrons. The van der Waals surface area contributed by atoms with Gasteiger partial charge in [0.05, 0.1) is 13.2 Å². The summed E-state index contributed by atoms with van der Waals surface area (Å²) in [6, 6.07) is 7.92. The van der Waals surface area contributed by atoms with Gasteiger partial charge in [-0.15, -0.1) is 0 Å². The first kappa shape index (κ1) is 18.3. The van der Waals surface area contributed by atoms with Crippen molar-refractivity contribution >= 4 is 11.8 Å². The molecule has 1 aromatic rings. The number of piperazine rings is 1. The molecule has 0 aliphatic carbocycles. The van der Waals surface area contributed by atoms with Crippen LogP contribution in [0.2, 0.25) is 0 Å². The minimum absolute atomic E-state index is 0.0167. The first-order valence-corrected chi connectivity index (χ1v) is 8.48. The average Bonchev–Trinajstić information content (AvgIpc) is 2.59. The number of likely N-dealkylation sites (N-methyl/N-ethyl adjacent to an activating group) is 1. The van der Waals surface area contributed by atoms with Crippen molar-refractivity contribution in [1.82, 2.24) is 15.1 Å². The first-order chi connectivity index (χ1) is 11.6. The third-order valence-electron chi connectivity index (χ3n) is 4.16. The Balaban J connectivity index is 1.62. The molecule has 2 rings (SSSR count). The van der Waals surface area contributed by atoms with E-state index in [1.807, 2.05) is 36.1 Å². The van der Waals surface area contributed by atoms with Crippen LogP contribution in [0.15, 0.2) is 24.3 Å². The van der Waals surface area contributed by atoms with Gasteiger partial charge in [0.15, 0.2) is 0 Å². The van der Waals surface area contributed by atoms with Gasteiger partial charge in [-0.3, -0.25) is 14.5 Å². The zero-order valence-electron chi connectivity index (χ0n) is 14.6. The van der Waals surface area contributed by atoms with E-state index in [2.05, 4.69) is 10.2 Å². The molecule has 132 valence electrons. The highest BCUT2D eigenvalue weighted by Crippen LogP contribution is 2.13. The number of amides is 2. The van der Waals surface area contributed by atoms with E-state index < -0.39 is 0 Å². The van der Waals surface area contributed by atoms with E-state index in [9.17, 15) is 9.59 Å². The molecule has 0 saturated carbocycles. The molecule has 6 heteroatoms. The lowest BCUT2D eigenvalue weighted by Crippen LogP contribution is -2.50. The number of rotatable bonds is 7. The predicted molar refractivity (Wildman–Crippen MR) is 93.0 cm³/mol. The number of nitrogens with one attached hydrogen (secondary N) is 1. The molecule has 1 fully saturated rings. The molecule has 1 saturated heterocycles. The Hall–Kier alpha value is -2.08. The van der Waals surface area contributed by atoms with Gasteiger partial charge in [0.1, 0.15) is 5.75 Å². The van der Waals surface area contributed by atoms with Gasteiger partial charge in [-0.2, -0.15) is 0 Å². The molecule has 1 heterocycles. The van der Waals surface area contributed by atoms with Gasteiger partial charge in [-0.1, -0.05) is 12.1 Å². The highest BCUT2D eigenvalue weighted by atomic mass is 16.5. The van der Waals surface area contributed by atoms with Gasteiger partial charge in [-0.25, -0.2) is 0 Å². The van der Waals surface area contributed by atoms with E-state index in [1.165, 1.54) is 5.56 Å². The molecule has 1 aliphatic rings. The van der Waals surface area contributed by atoms with Crippen LogP contribution in [-0.4, -0.2) is 68.0 Å². The van der Waals surface area contributed by atoms with Crippen molar-refractivity contribution in [1.29, 1.82) is 0 Å². The summed E-state index contributed by atoms with van der Waals surface area (Å²) < 4.78 is 5.67. The SMILES string of the molecule is CNC(=O)CN1CCN(C(=O)CCCOc2cccc(C)c2)CC1. The maximum Gasteiger partial charge on any atom is 0.233 e. The number of ether oxygens (including phenoxy) is 1. The zero-order chi connectivity index (χ0) is 17.4. The Morgan fingerprint density at radius 3 is 2.62 bits per heavy atom.